The minimum Gasteiger partial charge on any atom is -0.344 e. The van der Waals surface area contributed by atoms with Crippen molar-refractivity contribution in [2.24, 2.45) is 0 Å². The Morgan fingerprint density at radius 3 is 1.00 bits per heavy atom. The molecular weight excluding hydrogens is 50.0 g/mol. The first-order valence-electron chi connectivity index (χ1n) is 0.333. The molecule has 0 amide bonds. The second-order valence-corrected chi connectivity index (χ2v) is 0. The van der Waals surface area contributed by atoms with Gasteiger partial charge >= 0.3 is 0 Å². The zero-order chi connectivity index (χ0) is 2.00. The van der Waals surface area contributed by atoms with Gasteiger partial charge in [0.05, 0.1) is 0 Å². The molecule has 0 bridgehead atoms. The fraction of sp³-hybridized carbons (Fsp3) is 0.333. The van der Waals surface area contributed by atoms with Crippen molar-refractivity contribution in [3.05, 3.63) is 0 Å². The Hall–Kier alpha value is -0.480. The van der Waals surface area contributed by atoms with Gasteiger partial charge in [0.25, 0.3) is 0 Å². The Bertz CT molecular complexity index is 8.00. The van der Waals surface area contributed by atoms with Crippen molar-refractivity contribution in [1.29, 1.82) is 0 Å². The molecule has 0 aromatic rings. The van der Waals surface area contributed by atoms with E-state index in [9.17, 15) is 0 Å². The Kier molecular flexibility index (Phi) is 522. The standard InChI is InChI=1S/C2H2.CH4.H3N/c1-2;;/h1-2H;1H4;1H3. The summed E-state index contributed by atoms with van der Waals surface area (Å²) in [4.78, 5) is 0. The summed E-state index contributed by atoms with van der Waals surface area (Å²) >= 11 is 0. The summed E-state index contributed by atoms with van der Waals surface area (Å²) in [5, 5.41) is 0. The molecule has 0 aromatic heterocycles. The first-order chi connectivity index (χ1) is 1.00. The molecular formula is C3H9N. The number of rotatable bonds is 0. The van der Waals surface area contributed by atoms with Gasteiger partial charge in [0, 0.05) is 0 Å². The monoisotopic (exact) mass is 59.1 g/mol. The van der Waals surface area contributed by atoms with E-state index in [4.69, 9.17) is 0 Å². The molecule has 0 rings (SSSR count). The Morgan fingerprint density at radius 2 is 1.00 bits per heavy atom. The topological polar surface area (TPSA) is 35.0 Å². The molecule has 0 radical (unpaired) electrons. The van der Waals surface area contributed by atoms with Crippen LogP contribution in [0, 0.1) is 12.8 Å². The lowest BCUT2D eigenvalue weighted by Gasteiger charge is -0.701. The maximum atomic E-state index is 4.00. The fourth-order valence-corrected chi connectivity index (χ4v) is 0. The lowest BCUT2D eigenvalue weighted by molar-refractivity contribution is 2.13. The van der Waals surface area contributed by atoms with E-state index in [1.54, 1.807) is 0 Å². The predicted molar refractivity (Wildman–Crippen MR) is 21.6 cm³/mol. The van der Waals surface area contributed by atoms with E-state index in [2.05, 4.69) is 12.8 Å². The lowest BCUT2D eigenvalue weighted by Crippen LogP contribution is -0.576. The van der Waals surface area contributed by atoms with Gasteiger partial charge in [-0.3, -0.25) is 0 Å². The SMILES string of the molecule is C.C#C.N. The van der Waals surface area contributed by atoms with Gasteiger partial charge in [-0.15, -0.1) is 12.8 Å². The minimum atomic E-state index is 0. The van der Waals surface area contributed by atoms with E-state index in [0.717, 1.165) is 0 Å². The molecule has 0 saturated carbocycles. The zero-order valence-electron chi connectivity index (χ0n) is 1.86. The van der Waals surface area contributed by atoms with E-state index >= 15 is 0 Å². The number of hydrogen-bond donors (Lipinski definition) is 1. The van der Waals surface area contributed by atoms with Crippen molar-refractivity contribution < 1.29 is 0 Å². The van der Waals surface area contributed by atoms with Crippen LogP contribution in [-0.4, -0.2) is 0 Å². The highest BCUT2D eigenvalue weighted by atomic mass is 14.0. The molecule has 4 heavy (non-hydrogen) atoms. The van der Waals surface area contributed by atoms with Gasteiger partial charge in [-0.05, 0) is 0 Å². The zero-order valence-corrected chi connectivity index (χ0v) is 1.86. The highest BCUT2D eigenvalue weighted by molar-refractivity contribution is 4.47. The van der Waals surface area contributed by atoms with Crippen LogP contribution in [-0.2, 0) is 0 Å². The van der Waals surface area contributed by atoms with Crippen LogP contribution < -0.4 is 6.15 Å². The highest BCUT2D eigenvalue weighted by Crippen LogP contribution is 0.579. The molecule has 0 aliphatic heterocycles. The van der Waals surface area contributed by atoms with Crippen LogP contribution in [0.2, 0.25) is 0 Å². The van der Waals surface area contributed by atoms with E-state index in [-0.39, 0.29) is 13.6 Å². The summed E-state index contributed by atoms with van der Waals surface area (Å²) < 4.78 is 0. The molecule has 0 aliphatic carbocycles. The average molecular weight is 59.1 g/mol. The Morgan fingerprint density at radius 1 is 1.00 bits per heavy atom. The molecule has 0 fully saturated rings. The van der Waals surface area contributed by atoms with Gasteiger partial charge in [-0.2, -0.15) is 0 Å². The quantitative estimate of drug-likeness (QED) is 0.416. The maximum Gasteiger partial charge on any atom is -0.0776 e. The molecule has 0 spiro atoms. The van der Waals surface area contributed by atoms with Gasteiger partial charge in [0.1, 0.15) is 0 Å². The molecule has 3 N–H and O–H groups in total. The fourth-order valence-electron chi connectivity index (χ4n) is 0. The van der Waals surface area contributed by atoms with Gasteiger partial charge in [0.2, 0.25) is 0 Å². The molecule has 0 aliphatic rings. The molecule has 0 atom stereocenters. The van der Waals surface area contributed by atoms with Crippen LogP contribution in [0.5, 0.6) is 0 Å². The van der Waals surface area contributed by atoms with E-state index < -0.39 is 0 Å². The summed E-state index contributed by atoms with van der Waals surface area (Å²) in [5.41, 5.74) is 0. The first kappa shape index (κ1) is 82.7. The van der Waals surface area contributed by atoms with Gasteiger partial charge < -0.3 is 6.15 Å². The van der Waals surface area contributed by atoms with Crippen molar-refractivity contribution in [3.63, 3.8) is 0 Å². The molecule has 0 unspecified atom stereocenters. The summed E-state index contributed by atoms with van der Waals surface area (Å²) in [6.07, 6.45) is 8.00. The van der Waals surface area contributed by atoms with Gasteiger partial charge in [0.15, 0.2) is 0 Å². The van der Waals surface area contributed by atoms with Crippen LogP contribution in [0.15, 0.2) is 0 Å². The second-order valence-electron chi connectivity index (χ2n) is 0. The summed E-state index contributed by atoms with van der Waals surface area (Å²) in [6, 6.07) is 0. The normalized spacial score (nSPS) is 0.500. The Balaban J connectivity index is -0.00000000500. The molecule has 0 aromatic carbocycles. The van der Waals surface area contributed by atoms with Crippen molar-refractivity contribution in [3.8, 4) is 12.8 Å². The third kappa shape index (κ3) is 1.78. The van der Waals surface area contributed by atoms with E-state index in [1.165, 1.54) is 0 Å². The van der Waals surface area contributed by atoms with Gasteiger partial charge in [-0.1, -0.05) is 7.43 Å². The lowest BCUT2D eigenvalue weighted by atomic mass is 11.4. The smallest absolute Gasteiger partial charge is 0.0776 e. The number of hydrogen-bond acceptors (Lipinski definition) is 1. The summed E-state index contributed by atoms with van der Waals surface area (Å²) in [6.45, 7) is 0. The third-order valence-corrected chi connectivity index (χ3v) is 0. The maximum absolute atomic E-state index is 4.00. The van der Waals surface area contributed by atoms with Crippen LogP contribution in [0.1, 0.15) is 7.43 Å². The minimum absolute atomic E-state index is 0. The van der Waals surface area contributed by atoms with Crippen LogP contribution >= 0.6 is 0 Å². The highest BCUT2D eigenvalue weighted by Gasteiger charge is 0.454. The van der Waals surface area contributed by atoms with Crippen LogP contribution in [0.25, 0.3) is 0 Å². The van der Waals surface area contributed by atoms with Crippen LogP contribution in [0.4, 0.5) is 0 Å². The number of terminal acetylenes is 1. The van der Waals surface area contributed by atoms with Gasteiger partial charge in [-0.25, -0.2) is 0 Å². The summed E-state index contributed by atoms with van der Waals surface area (Å²) in [5.74, 6) is 0. The van der Waals surface area contributed by atoms with Crippen molar-refractivity contribution in [2.75, 3.05) is 0 Å². The third-order valence-electron chi connectivity index (χ3n) is 0. The second kappa shape index (κ2) is 25.3. The molecule has 1 nitrogen and oxygen atoms in total. The largest absolute Gasteiger partial charge is 0.344 e. The van der Waals surface area contributed by atoms with Crippen LogP contribution in [0.3, 0.4) is 0 Å². The molecule has 0 heterocycles. The molecule has 26 valence electrons. The average Bonchev–Trinajstić information content (AvgIpc) is 1.00. The van der Waals surface area contributed by atoms with Crippen molar-refractivity contribution in [2.45, 2.75) is 7.43 Å². The predicted octanol–water partition coefficient (Wildman–Crippen LogP) is 1.05. The van der Waals surface area contributed by atoms with E-state index in [1.807, 2.05) is 0 Å². The van der Waals surface area contributed by atoms with Crippen molar-refractivity contribution in [1.82, 2.24) is 6.15 Å². The molecule has 1 heteroatoms. The van der Waals surface area contributed by atoms with Crippen molar-refractivity contribution >= 4 is 0 Å². The van der Waals surface area contributed by atoms with E-state index in [0.29, 0.717) is 0 Å². The Labute approximate surface area is 27.6 Å². The first-order valence-corrected chi connectivity index (χ1v) is 0.333. The molecule has 0 saturated heterocycles. The summed E-state index contributed by atoms with van der Waals surface area (Å²) in [7, 11) is 0.